The van der Waals surface area contributed by atoms with Crippen LogP contribution in [-0.2, 0) is 14.3 Å². The minimum Gasteiger partial charge on any atom is -0.444 e. The van der Waals surface area contributed by atoms with Crippen LogP contribution in [0.25, 0.3) is 0 Å². The van der Waals surface area contributed by atoms with E-state index >= 15 is 0 Å². The van der Waals surface area contributed by atoms with E-state index < -0.39 is 35.6 Å². The molecule has 0 saturated carbocycles. The van der Waals surface area contributed by atoms with Crippen LogP contribution in [0, 0.1) is 26.2 Å². The number of rotatable bonds is 7. The van der Waals surface area contributed by atoms with Gasteiger partial charge in [-0.1, -0.05) is 42.3 Å². The van der Waals surface area contributed by atoms with Crippen LogP contribution in [0.4, 0.5) is 10.5 Å². The first-order chi connectivity index (χ1) is 16.4. The van der Waals surface area contributed by atoms with E-state index in [0.29, 0.717) is 16.8 Å². The van der Waals surface area contributed by atoms with Crippen molar-refractivity contribution in [3.63, 3.8) is 0 Å². The molecule has 0 aromatic heterocycles. The summed E-state index contributed by atoms with van der Waals surface area (Å²) in [7, 11) is 0. The lowest BCUT2D eigenvalue weighted by Gasteiger charge is -2.33. The zero-order valence-corrected chi connectivity index (χ0v) is 21.6. The highest BCUT2D eigenvalue weighted by Gasteiger charge is 2.35. The van der Waals surface area contributed by atoms with Gasteiger partial charge in [-0.25, -0.2) is 4.79 Å². The molecule has 0 fully saturated rings. The van der Waals surface area contributed by atoms with Gasteiger partial charge >= 0.3 is 6.09 Å². The number of carbonyl (C=O) groups excluding carboxylic acids is 3. The minimum atomic E-state index is -1.01. The fraction of sp³-hybridized carbons (Fsp3) is 0.393. The fourth-order valence-electron chi connectivity index (χ4n) is 3.78. The molecule has 2 rings (SSSR count). The molecule has 2 unspecified atom stereocenters. The normalized spacial score (nSPS) is 12.6. The van der Waals surface area contributed by atoms with Crippen molar-refractivity contribution in [2.45, 2.75) is 66.2 Å². The number of nitrogens with one attached hydrogen (secondary N) is 2. The number of hydrogen-bond acceptors (Lipinski definition) is 4. The Bertz CT molecular complexity index is 1110. The van der Waals surface area contributed by atoms with Crippen molar-refractivity contribution < 1.29 is 19.1 Å². The standard InChI is InChI=1S/C28H35N3O4/c1-9-21-16-11-12-17-22(21)24(25(32)30-23-18(3)14-13-15-19(23)4)31(10-2)26(33)20(5)29-27(34)35-28(6,7)8/h1,11-17,20,24H,10H2,2-8H3,(H,29,34)(H,30,32). The van der Waals surface area contributed by atoms with Crippen molar-refractivity contribution in [3.8, 4) is 12.3 Å². The summed E-state index contributed by atoms with van der Waals surface area (Å²) >= 11 is 0. The van der Waals surface area contributed by atoms with E-state index in [9.17, 15) is 14.4 Å². The van der Waals surface area contributed by atoms with E-state index in [4.69, 9.17) is 11.2 Å². The summed E-state index contributed by atoms with van der Waals surface area (Å²) < 4.78 is 5.28. The summed E-state index contributed by atoms with van der Waals surface area (Å²) in [5, 5.41) is 5.56. The van der Waals surface area contributed by atoms with Gasteiger partial charge in [0.25, 0.3) is 5.91 Å². The highest BCUT2D eigenvalue weighted by Crippen LogP contribution is 2.28. The molecule has 0 radical (unpaired) electrons. The average Bonchev–Trinajstić information content (AvgIpc) is 2.78. The number of aryl methyl sites for hydroxylation is 2. The van der Waals surface area contributed by atoms with Crippen molar-refractivity contribution in [2.75, 3.05) is 11.9 Å². The number of para-hydroxylation sites is 1. The van der Waals surface area contributed by atoms with Crippen molar-refractivity contribution >= 4 is 23.6 Å². The van der Waals surface area contributed by atoms with Gasteiger partial charge in [0.1, 0.15) is 17.7 Å². The first-order valence-electron chi connectivity index (χ1n) is 11.6. The number of likely N-dealkylation sites (N-methyl/N-ethyl adjacent to an activating group) is 1. The van der Waals surface area contributed by atoms with Crippen LogP contribution >= 0.6 is 0 Å². The van der Waals surface area contributed by atoms with Crippen molar-refractivity contribution in [3.05, 3.63) is 64.7 Å². The highest BCUT2D eigenvalue weighted by atomic mass is 16.6. The fourth-order valence-corrected chi connectivity index (χ4v) is 3.78. The average molecular weight is 478 g/mol. The number of terminal acetylenes is 1. The molecule has 35 heavy (non-hydrogen) atoms. The van der Waals surface area contributed by atoms with Crippen LogP contribution in [0.2, 0.25) is 0 Å². The Balaban J connectivity index is 2.46. The highest BCUT2D eigenvalue weighted by molar-refractivity contribution is 6.00. The van der Waals surface area contributed by atoms with Gasteiger partial charge in [0.15, 0.2) is 0 Å². The zero-order chi connectivity index (χ0) is 26.3. The zero-order valence-electron chi connectivity index (χ0n) is 21.6. The number of ether oxygens (including phenoxy) is 1. The summed E-state index contributed by atoms with van der Waals surface area (Å²) in [6, 6.07) is 10.8. The minimum absolute atomic E-state index is 0.211. The summed E-state index contributed by atoms with van der Waals surface area (Å²) in [4.78, 5) is 40.9. The molecule has 7 nitrogen and oxygen atoms in total. The van der Waals surface area contributed by atoms with Crippen LogP contribution in [0.3, 0.4) is 0 Å². The lowest BCUT2D eigenvalue weighted by molar-refractivity contribution is -0.140. The number of benzene rings is 2. The second-order valence-electron chi connectivity index (χ2n) is 9.38. The maximum absolute atomic E-state index is 13.7. The molecule has 0 aliphatic carbocycles. The van der Waals surface area contributed by atoms with Gasteiger partial charge in [0, 0.05) is 17.8 Å². The van der Waals surface area contributed by atoms with Gasteiger partial charge in [-0.15, -0.1) is 6.42 Å². The molecule has 2 aromatic carbocycles. The quantitative estimate of drug-likeness (QED) is 0.565. The molecule has 2 N–H and O–H groups in total. The van der Waals surface area contributed by atoms with Crippen LogP contribution in [0.5, 0.6) is 0 Å². The molecule has 0 saturated heterocycles. The summed E-state index contributed by atoms with van der Waals surface area (Å²) in [6.07, 6.45) is 5.02. The summed E-state index contributed by atoms with van der Waals surface area (Å²) in [5.74, 6) is 1.78. The largest absolute Gasteiger partial charge is 0.444 e. The molecule has 2 atom stereocenters. The Morgan fingerprint density at radius 2 is 1.66 bits per heavy atom. The van der Waals surface area contributed by atoms with Gasteiger partial charge in [-0.3, -0.25) is 9.59 Å². The van der Waals surface area contributed by atoms with Crippen LogP contribution in [-0.4, -0.2) is 41.0 Å². The summed E-state index contributed by atoms with van der Waals surface area (Å²) in [5.41, 5.74) is 2.81. The third kappa shape index (κ3) is 7.10. The second kappa shape index (κ2) is 11.6. The number of alkyl carbamates (subject to hydrolysis) is 1. The lowest BCUT2D eigenvalue weighted by Crippen LogP contribution is -2.51. The van der Waals surface area contributed by atoms with Crippen LogP contribution < -0.4 is 10.6 Å². The maximum atomic E-state index is 13.7. The van der Waals surface area contributed by atoms with Gasteiger partial charge < -0.3 is 20.3 Å². The molecule has 7 heteroatoms. The smallest absolute Gasteiger partial charge is 0.408 e. The van der Waals surface area contributed by atoms with E-state index in [0.717, 1.165) is 11.1 Å². The van der Waals surface area contributed by atoms with E-state index in [-0.39, 0.29) is 6.54 Å². The summed E-state index contributed by atoms with van der Waals surface area (Å²) in [6.45, 7) is 12.6. The molecular formula is C28H35N3O4. The Morgan fingerprint density at radius 3 is 2.20 bits per heavy atom. The topological polar surface area (TPSA) is 87.7 Å². The van der Waals surface area contributed by atoms with Gasteiger partial charge in [-0.2, -0.15) is 0 Å². The number of nitrogens with zero attached hydrogens (tertiary/aromatic N) is 1. The second-order valence-corrected chi connectivity index (χ2v) is 9.38. The number of carbonyl (C=O) groups is 3. The van der Waals surface area contributed by atoms with Crippen molar-refractivity contribution in [2.24, 2.45) is 0 Å². The third-order valence-electron chi connectivity index (χ3n) is 5.43. The van der Waals surface area contributed by atoms with E-state index in [2.05, 4.69) is 16.6 Å². The monoisotopic (exact) mass is 477 g/mol. The number of hydrogen-bond donors (Lipinski definition) is 2. The molecule has 0 aliphatic heterocycles. The first-order valence-corrected chi connectivity index (χ1v) is 11.6. The van der Waals surface area contributed by atoms with E-state index in [1.54, 1.807) is 58.9 Å². The molecule has 3 amide bonds. The Morgan fingerprint density at radius 1 is 1.06 bits per heavy atom. The molecular weight excluding hydrogens is 442 g/mol. The molecule has 0 aliphatic rings. The van der Waals surface area contributed by atoms with Crippen LogP contribution in [0.1, 0.15) is 62.9 Å². The van der Waals surface area contributed by atoms with Crippen molar-refractivity contribution in [1.29, 1.82) is 0 Å². The van der Waals surface area contributed by atoms with E-state index in [1.807, 2.05) is 32.0 Å². The Hall–Kier alpha value is -3.79. The molecule has 0 heterocycles. The Labute approximate surface area is 208 Å². The molecule has 2 aromatic rings. The lowest BCUT2D eigenvalue weighted by atomic mass is 9.97. The SMILES string of the molecule is C#Cc1ccccc1C(C(=O)Nc1c(C)cccc1C)N(CC)C(=O)C(C)NC(=O)OC(C)(C)C. The Kier molecular flexibility index (Phi) is 9.07. The predicted octanol–water partition coefficient (Wildman–Crippen LogP) is 4.73. The van der Waals surface area contributed by atoms with Crippen molar-refractivity contribution in [1.82, 2.24) is 10.2 Å². The maximum Gasteiger partial charge on any atom is 0.408 e. The number of anilines is 1. The van der Waals surface area contributed by atoms with E-state index in [1.165, 1.54) is 4.90 Å². The van der Waals surface area contributed by atoms with Gasteiger partial charge in [0.2, 0.25) is 5.91 Å². The number of amides is 3. The van der Waals surface area contributed by atoms with Gasteiger partial charge in [-0.05, 0) is 71.2 Å². The first kappa shape index (κ1) is 27.5. The molecule has 186 valence electrons. The molecule has 0 bridgehead atoms. The predicted molar refractivity (Wildman–Crippen MR) is 138 cm³/mol. The van der Waals surface area contributed by atoms with Crippen LogP contribution in [0.15, 0.2) is 42.5 Å². The van der Waals surface area contributed by atoms with Gasteiger partial charge in [0.05, 0.1) is 0 Å². The molecule has 0 spiro atoms. The third-order valence-corrected chi connectivity index (χ3v) is 5.43.